The van der Waals surface area contributed by atoms with E-state index in [9.17, 15) is 13.2 Å². The molecule has 0 aromatic carbocycles. The van der Waals surface area contributed by atoms with Gasteiger partial charge in [0, 0.05) is 4.88 Å². The number of hydrogen-bond acceptors (Lipinski definition) is 4. The number of nitrogens with zero attached hydrogens (tertiary/aromatic N) is 1. The Labute approximate surface area is 104 Å². The molecule has 0 radical (unpaired) electrons. The average molecular weight is 273 g/mol. The van der Waals surface area contributed by atoms with E-state index >= 15 is 0 Å². The third kappa shape index (κ3) is 3.30. The Kier molecular flexibility index (Phi) is 4.28. The first-order valence-electron chi connectivity index (χ1n) is 4.59. The zero-order valence-electron chi connectivity index (χ0n) is 9.08. The molecular weight excluding hydrogens is 262 g/mol. The summed E-state index contributed by atoms with van der Waals surface area (Å²) < 4.78 is 25.0. The highest BCUT2D eigenvalue weighted by molar-refractivity contribution is 7.91. The fraction of sp³-hybridized carbons (Fsp3) is 0.300. The lowest BCUT2D eigenvalue weighted by Gasteiger charge is -2.16. The molecule has 0 spiro atoms. The van der Waals surface area contributed by atoms with Crippen LogP contribution in [0.2, 0.25) is 0 Å². The summed E-state index contributed by atoms with van der Waals surface area (Å²) in [5, 5.41) is 8.65. The van der Waals surface area contributed by atoms with Gasteiger partial charge >= 0.3 is 5.97 Å². The van der Waals surface area contributed by atoms with Crippen LogP contribution in [0, 0.1) is 19.3 Å². The summed E-state index contributed by atoms with van der Waals surface area (Å²) in [6.07, 6.45) is 5.04. The van der Waals surface area contributed by atoms with Crippen LogP contribution < -0.4 is 0 Å². The fourth-order valence-electron chi connectivity index (χ4n) is 1.16. The highest BCUT2D eigenvalue weighted by Crippen LogP contribution is 2.23. The van der Waals surface area contributed by atoms with Gasteiger partial charge in [-0.15, -0.1) is 17.8 Å². The van der Waals surface area contributed by atoms with Crippen LogP contribution in [0.4, 0.5) is 0 Å². The molecule has 0 aliphatic rings. The van der Waals surface area contributed by atoms with Crippen molar-refractivity contribution in [2.45, 2.75) is 11.1 Å². The van der Waals surface area contributed by atoms with Gasteiger partial charge in [-0.25, -0.2) is 8.42 Å². The molecule has 0 saturated carbocycles. The second-order valence-corrected chi connectivity index (χ2v) is 6.69. The zero-order chi connectivity index (χ0) is 13.1. The molecular formula is C10H11NO4S2. The number of aryl methyl sites for hydroxylation is 1. The topological polar surface area (TPSA) is 74.7 Å². The van der Waals surface area contributed by atoms with Crippen molar-refractivity contribution in [3.05, 3.63) is 17.0 Å². The van der Waals surface area contributed by atoms with Gasteiger partial charge in [-0.05, 0) is 19.1 Å². The van der Waals surface area contributed by atoms with E-state index < -0.39 is 22.5 Å². The number of carbonyl (C=O) groups is 1. The largest absolute Gasteiger partial charge is 0.480 e. The van der Waals surface area contributed by atoms with E-state index in [1.54, 1.807) is 13.0 Å². The number of aliphatic carboxylic acids is 1. The van der Waals surface area contributed by atoms with Gasteiger partial charge in [0.15, 0.2) is 0 Å². The SMILES string of the molecule is C#CCN(CC(=O)O)S(=O)(=O)c1ccc(C)s1. The molecule has 0 amide bonds. The van der Waals surface area contributed by atoms with Crippen molar-refractivity contribution < 1.29 is 18.3 Å². The van der Waals surface area contributed by atoms with Gasteiger partial charge in [0.25, 0.3) is 10.0 Å². The number of carboxylic acid groups (broad SMARTS) is 1. The zero-order valence-corrected chi connectivity index (χ0v) is 10.7. The van der Waals surface area contributed by atoms with Crippen molar-refractivity contribution in [3.63, 3.8) is 0 Å². The monoisotopic (exact) mass is 273 g/mol. The van der Waals surface area contributed by atoms with Crippen LogP contribution in [0.5, 0.6) is 0 Å². The Hall–Kier alpha value is -1.36. The first kappa shape index (κ1) is 13.7. The first-order chi connectivity index (χ1) is 7.87. The van der Waals surface area contributed by atoms with Crippen molar-refractivity contribution in [1.82, 2.24) is 4.31 Å². The Bertz CT molecular complexity index is 553. The molecule has 1 N–H and O–H groups in total. The van der Waals surface area contributed by atoms with Gasteiger partial charge in [0.05, 0.1) is 6.54 Å². The Morgan fingerprint density at radius 3 is 2.65 bits per heavy atom. The second kappa shape index (κ2) is 5.31. The Morgan fingerprint density at radius 1 is 1.59 bits per heavy atom. The van der Waals surface area contributed by atoms with E-state index in [4.69, 9.17) is 11.5 Å². The minimum absolute atomic E-state index is 0.103. The molecule has 0 aliphatic carbocycles. The van der Waals surface area contributed by atoms with Gasteiger partial charge < -0.3 is 5.11 Å². The maximum absolute atomic E-state index is 12.0. The lowest BCUT2D eigenvalue weighted by Crippen LogP contribution is -2.35. The van der Waals surface area contributed by atoms with E-state index in [1.807, 2.05) is 0 Å². The quantitative estimate of drug-likeness (QED) is 0.804. The molecule has 0 saturated heterocycles. The average Bonchev–Trinajstić information content (AvgIpc) is 2.64. The van der Waals surface area contributed by atoms with Crippen molar-refractivity contribution >= 4 is 27.3 Å². The summed E-state index contributed by atoms with van der Waals surface area (Å²) in [5.41, 5.74) is 0. The summed E-state index contributed by atoms with van der Waals surface area (Å²) in [6.45, 7) is 0.876. The van der Waals surface area contributed by atoms with E-state index in [0.717, 1.165) is 20.5 Å². The minimum Gasteiger partial charge on any atom is -0.480 e. The summed E-state index contributed by atoms with van der Waals surface area (Å²) in [5.74, 6) is 0.905. The highest BCUT2D eigenvalue weighted by atomic mass is 32.2. The van der Waals surface area contributed by atoms with Gasteiger partial charge in [-0.1, -0.05) is 5.92 Å². The fourth-order valence-corrected chi connectivity index (χ4v) is 3.90. The smallest absolute Gasteiger partial charge is 0.318 e. The number of hydrogen-bond donors (Lipinski definition) is 1. The lowest BCUT2D eigenvalue weighted by molar-refractivity contribution is -0.137. The molecule has 92 valence electrons. The van der Waals surface area contributed by atoms with Gasteiger partial charge in [0.2, 0.25) is 0 Å². The first-order valence-corrected chi connectivity index (χ1v) is 6.85. The maximum atomic E-state index is 12.0. The van der Waals surface area contributed by atoms with Crippen LogP contribution in [-0.4, -0.2) is 36.9 Å². The summed E-state index contributed by atoms with van der Waals surface area (Å²) in [7, 11) is -3.81. The number of terminal acetylenes is 1. The molecule has 0 bridgehead atoms. The number of rotatable bonds is 5. The summed E-state index contributed by atoms with van der Waals surface area (Å²) in [6, 6.07) is 3.10. The molecule has 1 aromatic heterocycles. The predicted octanol–water partition coefficient (Wildman–Crippen LogP) is 0.765. The molecule has 0 atom stereocenters. The normalized spacial score (nSPS) is 11.4. The summed E-state index contributed by atoms with van der Waals surface area (Å²) in [4.78, 5) is 11.4. The lowest BCUT2D eigenvalue weighted by atomic mass is 10.5. The minimum atomic E-state index is -3.81. The van der Waals surface area contributed by atoms with Crippen LogP contribution in [-0.2, 0) is 14.8 Å². The maximum Gasteiger partial charge on any atom is 0.318 e. The van der Waals surface area contributed by atoms with E-state index in [2.05, 4.69) is 5.92 Å². The van der Waals surface area contributed by atoms with E-state index in [-0.39, 0.29) is 10.8 Å². The van der Waals surface area contributed by atoms with E-state index in [0.29, 0.717) is 0 Å². The second-order valence-electron chi connectivity index (χ2n) is 3.24. The van der Waals surface area contributed by atoms with Crippen LogP contribution in [0.1, 0.15) is 4.88 Å². The molecule has 17 heavy (non-hydrogen) atoms. The van der Waals surface area contributed by atoms with Crippen molar-refractivity contribution in [1.29, 1.82) is 0 Å². The van der Waals surface area contributed by atoms with E-state index in [1.165, 1.54) is 6.07 Å². The summed E-state index contributed by atoms with van der Waals surface area (Å²) >= 11 is 1.08. The number of thiophene rings is 1. The molecule has 1 aromatic rings. The predicted molar refractivity (Wildman–Crippen MR) is 64.3 cm³/mol. The molecule has 1 heterocycles. The van der Waals surface area contributed by atoms with Crippen LogP contribution in [0.3, 0.4) is 0 Å². The highest BCUT2D eigenvalue weighted by Gasteiger charge is 2.27. The van der Waals surface area contributed by atoms with Crippen molar-refractivity contribution in [3.8, 4) is 12.3 Å². The molecule has 0 aliphatic heterocycles. The Balaban J connectivity index is 3.09. The van der Waals surface area contributed by atoms with Crippen molar-refractivity contribution in [2.75, 3.05) is 13.1 Å². The molecule has 5 nitrogen and oxygen atoms in total. The number of sulfonamides is 1. The van der Waals surface area contributed by atoms with Gasteiger partial charge in [-0.2, -0.15) is 4.31 Å². The van der Waals surface area contributed by atoms with Crippen molar-refractivity contribution in [2.24, 2.45) is 0 Å². The van der Waals surface area contributed by atoms with Crippen LogP contribution >= 0.6 is 11.3 Å². The number of carboxylic acids is 1. The molecule has 7 heteroatoms. The van der Waals surface area contributed by atoms with Crippen LogP contribution in [0.25, 0.3) is 0 Å². The molecule has 0 unspecified atom stereocenters. The van der Waals surface area contributed by atoms with Gasteiger partial charge in [0.1, 0.15) is 10.8 Å². The molecule has 1 rings (SSSR count). The molecule has 0 fully saturated rings. The Morgan fingerprint density at radius 2 is 2.24 bits per heavy atom. The standard InChI is InChI=1S/C10H11NO4S2/c1-3-6-11(7-9(12)13)17(14,15)10-5-4-8(2)16-10/h1,4-5H,6-7H2,2H3,(H,12,13). The van der Waals surface area contributed by atoms with Gasteiger partial charge in [-0.3, -0.25) is 4.79 Å². The third-order valence-corrected chi connectivity index (χ3v) is 5.15. The third-order valence-electron chi connectivity index (χ3n) is 1.89. The van der Waals surface area contributed by atoms with Crippen LogP contribution in [0.15, 0.2) is 16.3 Å².